The molecule has 0 spiro atoms. The molecule has 0 radical (unpaired) electrons. The lowest BCUT2D eigenvalue weighted by molar-refractivity contribution is -0.910. The van der Waals surface area contributed by atoms with Gasteiger partial charge in [0.25, 0.3) is 5.89 Å². The predicted octanol–water partition coefficient (Wildman–Crippen LogP) is 2.62. The number of aromatic nitrogens is 2. The van der Waals surface area contributed by atoms with Crippen LogP contribution < -0.4 is 4.90 Å². The second kappa shape index (κ2) is 6.46. The quantitative estimate of drug-likeness (QED) is 0.757. The van der Waals surface area contributed by atoms with Gasteiger partial charge in [-0.15, -0.1) is 10.2 Å². The van der Waals surface area contributed by atoms with Crippen molar-refractivity contribution in [2.75, 3.05) is 7.05 Å². The number of rotatable bonds is 5. The molecule has 1 aromatic carbocycles. The van der Waals surface area contributed by atoms with Gasteiger partial charge in [-0.3, -0.25) is 0 Å². The molecular formula is C16H17BrN3O2+. The molecule has 0 aliphatic rings. The summed E-state index contributed by atoms with van der Waals surface area (Å²) in [5.74, 6) is 3.06. The molecule has 0 saturated heterocycles. The lowest BCUT2D eigenvalue weighted by Gasteiger charge is -2.09. The van der Waals surface area contributed by atoms with Crippen LogP contribution >= 0.6 is 15.9 Å². The summed E-state index contributed by atoms with van der Waals surface area (Å²) in [6.07, 6.45) is 0. The van der Waals surface area contributed by atoms with Crippen LogP contribution in [-0.2, 0) is 13.1 Å². The summed E-state index contributed by atoms with van der Waals surface area (Å²) in [5.41, 5.74) is 1.07. The third-order valence-corrected chi connectivity index (χ3v) is 3.82. The molecule has 3 rings (SSSR count). The Morgan fingerprint density at radius 2 is 1.77 bits per heavy atom. The van der Waals surface area contributed by atoms with Crippen molar-refractivity contribution in [3.05, 3.63) is 58.4 Å². The Bertz CT molecular complexity index is 749. The highest BCUT2D eigenvalue weighted by molar-refractivity contribution is 9.10. The van der Waals surface area contributed by atoms with Gasteiger partial charge in [0, 0.05) is 17.0 Å². The zero-order chi connectivity index (χ0) is 15.5. The molecule has 1 unspecified atom stereocenters. The summed E-state index contributed by atoms with van der Waals surface area (Å²) in [6, 6.07) is 12.1. The fourth-order valence-corrected chi connectivity index (χ4v) is 2.53. The Kier molecular flexibility index (Phi) is 4.40. The molecule has 0 amide bonds. The van der Waals surface area contributed by atoms with Crippen LogP contribution in [0.15, 0.2) is 49.7 Å². The van der Waals surface area contributed by atoms with E-state index in [1.807, 2.05) is 36.4 Å². The van der Waals surface area contributed by atoms with Crippen LogP contribution in [0.5, 0.6) is 0 Å². The van der Waals surface area contributed by atoms with Gasteiger partial charge in [-0.05, 0) is 24.3 Å². The van der Waals surface area contributed by atoms with Crippen molar-refractivity contribution < 1.29 is 13.7 Å². The van der Waals surface area contributed by atoms with Crippen LogP contribution in [0.25, 0.3) is 11.3 Å². The van der Waals surface area contributed by atoms with Crippen molar-refractivity contribution >= 4 is 15.9 Å². The maximum Gasteiger partial charge on any atom is 0.271 e. The molecule has 0 fully saturated rings. The topological polar surface area (TPSA) is 56.5 Å². The zero-order valence-electron chi connectivity index (χ0n) is 12.5. The molecule has 2 aromatic heterocycles. The van der Waals surface area contributed by atoms with E-state index >= 15 is 0 Å². The van der Waals surface area contributed by atoms with Gasteiger partial charge in [-0.2, -0.15) is 0 Å². The minimum Gasteiger partial charge on any atom is -0.455 e. The zero-order valence-corrected chi connectivity index (χ0v) is 14.1. The van der Waals surface area contributed by atoms with Crippen LogP contribution in [0.1, 0.15) is 17.5 Å². The van der Waals surface area contributed by atoms with Crippen molar-refractivity contribution in [1.29, 1.82) is 0 Å². The van der Waals surface area contributed by atoms with E-state index in [2.05, 4.69) is 33.2 Å². The van der Waals surface area contributed by atoms with E-state index in [-0.39, 0.29) is 0 Å². The lowest BCUT2D eigenvalue weighted by atomic mass is 10.2. The minimum absolute atomic E-state index is 0.596. The maximum atomic E-state index is 5.92. The number of hydrogen-bond donors (Lipinski definition) is 1. The van der Waals surface area contributed by atoms with E-state index in [1.165, 1.54) is 4.90 Å². The van der Waals surface area contributed by atoms with Crippen LogP contribution in [0, 0.1) is 6.92 Å². The first-order valence-corrected chi connectivity index (χ1v) is 7.84. The first-order chi connectivity index (χ1) is 10.6. The van der Waals surface area contributed by atoms with Gasteiger partial charge in [-0.1, -0.05) is 28.1 Å². The lowest BCUT2D eigenvalue weighted by Crippen LogP contribution is -3.06. The molecule has 114 valence electrons. The van der Waals surface area contributed by atoms with Crippen LogP contribution in [0.2, 0.25) is 0 Å². The first kappa shape index (κ1) is 15.0. The molecule has 5 nitrogen and oxygen atoms in total. The number of nitrogens with zero attached hydrogens (tertiary/aromatic N) is 2. The highest BCUT2D eigenvalue weighted by Gasteiger charge is 2.13. The molecular weight excluding hydrogens is 346 g/mol. The predicted molar refractivity (Wildman–Crippen MR) is 85.2 cm³/mol. The molecule has 2 heterocycles. The second-order valence-electron chi connectivity index (χ2n) is 5.30. The standard InChI is InChI=1S/C16H16BrN3O2/c1-11-18-19-16(21-11)10-20(2)9-14-7-8-15(22-14)12-3-5-13(17)6-4-12/h3-8H,9-10H2,1-2H3/p+1. The van der Waals surface area contributed by atoms with Gasteiger partial charge >= 0.3 is 0 Å². The Morgan fingerprint density at radius 1 is 1.00 bits per heavy atom. The van der Waals surface area contributed by atoms with Crippen molar-refractivity contribution in [2.24, 2.45) is 0 Å². The normalized spacial score (nSPS) is 12.5. The van der Waals surface area contributed by atoms with E-state index < -0.39 is 0 Å². The number of nitrogens with one attached hydrogen (secondary N) is 1. The largest absolute Gasteiger partial charge is 0.455 e. The van der Waals surface area contributed by atoms with E-state index in [4.69, 9.17) is 8.83 Å². The van der Waals surface area contributed by atoms with E-state index in [0.717, 1.165) is 28.1 Å². The highest BCUT2D eigenvalue weighted by Crippen LogP contribution is 2.23. The van der Waals surface area contributed by atoms with Crippen LogP contribution in [-0.4, -0.2) is 17.2 Å². The smallest absolute Gasteiger partial charge is 0.271 e. The summed E-state index contributed by atoms with van der Waals surface area (Å²) in [7, 11) is 2.07. The van der Waals surface area contributed by atoms with E-state index in [9.17, 15) is 0 Å². The minimum atomic E-state index is 0.596. The third-order valence-electron chi connectivity index (χ3n) is 3.29. The van der Waals surface area contributed by atoms with Gasteiger partial charge in [-0.25, -0.2) is 0 Å². The molecule has 1 atom stereocenters. The average Bonchev–Trinajstić information content (AvgIpc) is 3.09. The van der Waals surface area contributed by atoms with Gasteiger partial charge in [0.1, 0.15) is 12.3 Å². The van der Waals surface area contributed by atoms with Crippen LogP contribution in [0.3, 0.4) is 0 Å². The van der Waals surface area contributed by atoms with E-state index in [0.29, 0.717) is 18.3 Å². The SMILES string of the molecule is Cc1nnc(C[NH+](C)Cc2ccc(-c3ccc(Br)cc3)o2)o1. The van der Waals surface area contributed by atoms with E-state index in [1.54, 1.807) is 6.92 Å². The summed E-state index contributed by atoms with van der Waals surface area (Å²) in [5, 5.41) is 7.86. The van der Waals surface area contributed by atoms with Gasteiger partial charge < -0.3 is 13.7 Å². The molecule has 0 aliphatic carbocycles. The average molecular weight is 363 g/mol. The van der Waals surface area contributed by atoms with Crippen molar-refractivity contribution in [1.82, 2.24) is 10.2 Å². The summed E-state index contributed by atoms with van der Waals surface area (Å²) in [4.78, 5) is 1.22. The number of halogens is 1. The van der Waals surface area contributed by atoms with Crippen molar-refractivity contribution in [2.45, 2.75) is 20.0 Å². The number of benzene rings is 1. The highest BCUT2D eigenvalue weighted by atomic mass is 79.9. The molecule has 3 aromatic rings. The van der Waals surface area contributed by atoms with Gasteiger partial charge in [0.15, 0.2) is 12.3 Å². The summed E-state index contributed by atoms with van der Waals surface area (Å²) >= 11 is 3.44. The van der Waals surface area contributed by atoms with Gasteiger partial charge in [0.05, 0.1) is 7.05 Å². The maximum absolute atomic E-state index is 5.92. The second-order valence-corrected chi connectivity index (χ2v) is 6.21. The molecule has 22 heavy (non-hydrogen) atoms. The number of furan rings is 1. The molecule has 0 aliphatic heterocycles. The Balaban J connectivity index is 1.65. The fourth-order valence-electron chi connectivity index (χ4n) is 2.27. The Hall–Kier alpha value is -1.92. The Morgan fingerprint density at radius 3 is 2.45 bits per heavy atom. The van der Waals surface area contributed by atoms with Crippen molar-refractivity contribution in [3.8, 4) is 11.3 Å². The molecule has 0 saturated carbocycles. The fraction of sp³-hybridized carbons (Fsp3) is 0.250. The summed E-state index contributed by atoms with van der Waals surface area (Å²) < 4.78 is 12.4. The molecule has 6 heteroatoms. The number of hydrogen-bond acceptors (Lipinski definition) is 4. The summed E-state index contributed by atoms with van der Waals surface area (Å²) in [6.45, 7) is 3.23. The molecule has 0 bridgehead atoms. The van der Waals surface area contributed by atoms with Crippen LogP contribution in [0.4, 0.5) is 0 Å². The number of quaternary nitrogens is 1. The Labute approximate surface area is 137 Å². The van der Waals surface area contributed by atoms with Gasteiger partial charge in [0.2, 0.25) is 5.89 Å². The third kappa shape index (κ3) is 3.64. The molecule has 1 N–H and O–H groups in total. The number of aryl methyl sites for hydroxylation is 1. The van der Waals surface area contributed by atoms with Crippen molar-refractivity contribution in [3.63, 3.8) is 0 Å². The monoisotopic (exact) mass is 362 g/mol. The first-order valence-electron chi connectivity index (χ1n) is 7.05.